The van der Waals surface area contributed by atoms with Crippen molar-refractivity contribution in [3.05, 3.63) is 86.9 Å². The molecule has 3 rings (SSSR count). The zero-order valence-electron chi connectivity index (χ0n) is 24.0. The van der Waals surface area contributed by atoms with Gasteiger partial charge >= 0.3 is 0 Å². The lowest BCUT2D eigenvalue weighted by atomic mass is 10.1. The number of hydrogen-bond donors (Lipinski definition) is 1. The molecule has 42 heavy (non-hydrogen) atoms. The fourth-order valence-corrected chi connectivity index (χ4v) is 6.29. The molecule has 12 heteroatoms. The van der Waals surface area contributed by atoms with Crippen molar-refractivity contribution in [2.24, 2.45) is 0 Å². The molecule has 8 nitrogen and oxygen atoms in total. The van der Waals surface area contributed by atoms with Crippen molar-refractivity contribution in [3.8, 4) is 5.75 Å². The summed E-state index contributed by atoms with van der Waals surface area (Å²) < 4.78 is 34.2. The molecule has 0 bridgehead atoms. The molecule has 1 atom stereocenters. The van der Waals surface area contributed by atoms with Crippen LogP contribution in [0.25, 0.3) is 0 Å². The normalized spacial score (nSPS) is 12.1. The quantitative estimate of drug-likeness (QED) is 0.241. The summed E-state index contributed by atoms with van der Waals surface area (Å²) in [4.78, 5) is 28.7. The molecule has 0 aliphatic carbocycles. The Morgan fingerprint density at radius 1 is 0.929 bits per heavy atom. The minimum absolute atomic E-state index is 0.00605. The molecule has 0 aromatic heterocycles. The van der Waals surface area contributed by atoms with E-state index in [0.29, 0.717) is 16.3 Å². The van der Waals surface area contributed by atoms with Gasteiger partial charge < -0.3 is 15.0 Å². The number of hydrogen-bond acceptors (Lipinski definition) is 5. The number of ether oxygens (including phenoxy) is 1. The molecular weight excluding hydrogens is 621 g/mol. The third-order valence-electron chi connectivity index (χ3n) is 6.46. The van der Waals surface area contributed by atoms with Gasteiger partial charge in [0.05, 0.1) is 32.8 Å². The summed E-state index contributed by atoms with van der Waals surface area (Å²) in [5, 5.41) is 3.66. The smallest absolute Gasteiger partial charge is 0.264 e. The fourth-order valence-electron chi connectivity index (χ4n) is 4.31. The standard InChI is InChI=1S/C30H34Cl3N3O5S/c1-6-27(30(38)34-19(2)3)35(17-21-9-13-24(31)25(32)15-21)29(37)18-36(22-10-14-28(41-5)26(33)16-22)42(39,40)23-11-7-20(4)8-12-23/h7-16,19,27H,6,17-18H2,1-5H3,(H,34,38). The predicted molar refractivity (Wildman–Crippen MR) is 168 cm³/mol. The van der Waals surface area contributed by atoms with Crippen LogP contribution in [0.2, 0.25) is 15.1 Å². The van der Waals surface area contributed by atoms with Crippen LogP contribution in [0.1, 0.15) is 38.3 Å². The van der Waals surface area contributed by atoms with Crippen molar-refractivity contribution < 1.29 is 22.7 Å². The molecule has 1 N–H and O–H groups in total. The molecule has 0 fully saturated rings. The van der Waals surface area contributed by atoms with Crippen LogP contribution in [0, 0.1) is 6.92 Å². The molecule has 0 saturated heterocycles. The topological polar surface area (TPSA) is 96.0 Å². The van der Waals surface area contributed by atoms with E-state index in [-0.39, 0.29) is 45.5 Å². The van der Waals surface area contributed by atoms with Gasteiger partial charge in [0, 0.05) is 12.6 Å². The largest absolute Gasteiger partial charge is 0.495 e. The van der Waals surface area contributed by atoms with Crippen LogP contribution in [0.15, 0.2) is 65.6 Å². The summed E-state index contributed by atoms with van der Waals surface area (Å²) in [6, 6.07) is 14.6. The summed E-state index contributed by atoms with van der Waals surface area (Å²) in [5.74, 6) is -0.618. The molecule has 1 unspecified atom stereocenters. The number of halogens is 3. The second-order valence-corrected chi connectivity index (χ2v) is 13.1. The van der Waals surface area contributed by atoms with Gasteiger partial charge in [0.1, 0.15) is 18.3 Å². The number of anilines is 1. The second-order valence-electron chi connectivity index (χ2n) is 10.0. The number of nitrogens with zero attached hydrogens (tertiary/aromatic N) is 2. The van der Waals surface area contributed by atoms with Crippen LogP contribution in [0.4, 0.5) is 5.69 Å². The van der Waals surface area contributed by atoms with Crippen LogP contribution in [0.5, 0.6) is 5.75 Å². The number of methoxy groups -OCH3 is 1. The summed E-state index contributed by atoms with van der Waals surface area (Å²) >= 11 is 18.7. The van der Waals surface area contributed by atoms with Gasteiger partial charge in [-0.15, -0.1) is 0 Å². The maximum atomic E-state index is 14.1. The fraction of sp³-hybridized carbons (Fsp3) is 0.333. The lowest BCUT2D eigenvalue weighted by Crippen LogP contribution is -2.53. The highest BCUT2D eigenvalue weighted by Crippen LogP contribution is 2.32. The summed E-state index contributed by atoms with van der Waals surface area (Å²) in [6.07, 6.45) is 0.282. The Labute approximate surface area is 262 Å². The highest BCUT2D eigenvalue weighted by atomic mass is 35.5. The van der Waals surface area contributed by atoms with Crippen LogP contribution in [0.3, 0.4) is 0 Å². The lowest BCUT2D eigenvalue weighted by Gasteiger charge is -2.33. The Morgan fingerprint density at radius 3 is 2.14 bits per heavy atom. The maximum Gasteiger partial charge on any atom is 0.264 e. The minimum atomic E-state index is -4.25. The molecule has 0 aliphatic rings. The van der Waals surface area contributed by atoms with Gasteiger partial charge in [-0.3, -0.25) is 13.9 Å². The number of carbonyl (C=O) groups is 2. The van der Waals surface area contributed by atoms with Gasteiger partial charge in [-0.1, -0.05) is 65.5 Å². The molecule has 0 heterocycles. The van der Waals surface area contributed by atoms with E-state index in [1.54, 1.807) is 37.3 Å². The molecule has 0 radical (unpaired) electrons. The summed E-state index contributed by atoms with van der Waals surface area (Å²) in [6.45, 7) is 6.64. The Bertz CT molecular complexity index is 1530. The summed E-state index contributed by atoms with van der Waals surface area (Å²) in [5.41, 5.74) is 1.65. The van der Waals surface area contributed by atoms with E-state index >= 15 is 0 Å². The molecule has 0 spiro atoms. The third kappa shape index (κ3) is 8.10. The Hall–Kier alpha value is -2.98. The van der Waals surface area contributed by atoms with E-state index in [4.69, 9.17) is 39.5 Å². The van der Waals surface area contributed by atoms with Gasteiger partial charge in [0.2, 0.25) is 11.8 Å². The van der Waals surface area contributed by atoms with Crippen LogP contribution >= 0.6 is 34.8 Å². The molecule has 0 aliphatic heterocycles. The minimum Gasteiger partial charge on any atom is -0.495 e. The lowest BCUT2D eigenvalue weighted by molar-refractivity contribution is -0.140. The highest BCUT2D eigenvalue weighted by Gasteiger charge is 2.34. The van der Waals surface area contributed by atoms with E-state index in [0.717, 1.165) is 9.87 Å². The molecule has 2 amide bonds. The number of aryl methyl sites for hydroxylation is 1. The van der Waals surface area contributed by atoms with Gasteiger partial charge in [0.25, 0.3) is 10.0 Å². The Kier molecular flexibility index (Phi) is 11.5. The predicted octanol–water partition coefficient (Wildman–Crippen LogP) is 6.49. The van der Waals surface area contributed by atoms with Gasteiger partial charge in [-0.2, -0.15) is 0 Å². The maximum absolute atomic E-state index is 14.1. The Morgan fingerprint density at radius 2 is 1.60 bits per heavy atom. The van der Waals surface area contributed by atoms with Crippen LogP contribution in [-0.4, -0.2) is 50.9 Å². The van der Waals surface area contributed by atoms with Crippen LogP contribution in [-0.2, 0) is 26.2 Å². The average molecular weight is 655 g/mol. The van der Waals surface area contributed by atoms with Crippen LogP contribution < -0.4 is 14.4 Å². The number of carbonyl (C=O) groups excluding carboxylic acids is 2. The van der Waals surface area contributed by atoms with Crippen molar-refractivity contribution in [1.29, 1.82) is 0 Å². The van der Waals surface area contributed by atoms with Gasteiger partial charge in [-0.25, -0.2) is 8.42 Å². The molecule has 3 aromatic carbocycles. The van der Waals surface area contributed by atoms with E-state index < -0.39 is 28.5 Å². The first-order chi connectivity index (χ1) is 19.8. The zero-order chi connectivity index (χ0) is 31.2. The SMILES string of the molecule is CCC(C(=O)NC(C)C)N(Cc1ccc(Cl)c(Cl)c1)C(=O)CN(c1ccc(OC)c(Cl)c1)S(=O)(=O)c1ccc(C)cc1. The number of rotatable bonds is 12. The molecule has 226 valence electrons. The van der Waals surface area contributed by atoms with Crippen molar-refractivity contribution in [3.63, 3.8) is 0 Å². The number of nitrogens with one attached hydrogen (secondary N) is 1. The second kappa shape index (κ2) is 14.5. The van der Waals surface area contributed by atoms with E-state index in [2.05, 4.69) is 5.32 Å². The molecule has 0 saturated carbocycles. The molecular formula is C30H34Cl3N3O5S. The monoisotopic (exact) mass is 653 g/mol. The van der Waals surface area contributed by atoms with Crippen molar-refractivity contribution in [1.82, 2.24) is 10.2 Å². The molecule has 3 aromatic rings. The first-order valence-electron chi connectivity index (χ1n) is 13.2. The zero-order valence-corrected chi connectivity index (χ0v) is 27.1. The van der Waals surface area contributed by atoms with Crippen molar-refractivity contribution >= 4 is 62.3 Å². The first kappa shape index (κ1) is 33.5. The van der Waals surface area contributed by atoms with E-state index in [9.17, 15) is 18.0 Å². The highest BCUT2D eigenvalue weighted by molar-refractivity contribution is 7.92. The van der Waals surface area contributed by atoms with Crippen molar-refractivity contribution in [2.75, 3.05) is 18.0 Å². The van der Waals surface area contributed by atoms with E-state index in [1.165, 1.54) is 42.3 Å². The number of benzene rings is 3. The third-order valence-corrected chi connectivity index (χ3v) is 9.29. The summed E-state index contributed by atoms with van der Waals surface area (Å²) in [7, 11) is -2.80. The van der Waals surface area contributed by atoms with Crippen molar-refractivity contribution in [2.45, 2.75) is 57.6 Å². The number of sulfonamides is 1. The van der Waals surface area contributed by atoms with Gasteiger partial charge in [0.15, 0.2) is 0 Å². The van der Waals surface area contributed by atoms with Gasteiger partial charge in [-0.05, 0) is 75.2 Å². The van der Waals surface area contributed by atoms with E-state index in [1.807, 2.05) is 20.8 Å². The number of amides is 2. The first-order valence-corrected chi connectivity index (χ1v) is 15.8. The average Bonchev–Trinajstić information content (AvgIpc) is 2.93. The Balaban J connectivity index is 2.11.